The molecule has 0 aromatic heterocycles. The molecule has 0 atom stereocenters. The first-order valence-corrected chi connectivity index (χ1v) is 3.16. The third-order valence-electron chi connectivity index (χ3n) is 1.82. The van der Waals surface area contributed by atoms with Crippen molar-refractivity contribution in [1.82, 2.24) is 0 Å². The summed E-state index contributed by atoms with van der Waals surface area (Å²) < 4.78 is 5.10. The van der Waals surface area contributed by atoms with E-state index in [1.807, 2.05) is 0 Å². The second-order valence-electron chi connectivity index (χ2n) is 2.38. The van der Waals surface area contributed by atoms with E-state index in [9.17, 15) is 0 Å². The number of hydrogen-bond acceptors (Lipinski definition) is 1. The van der Waals surface area contributed by atoms with Crippen LogP contribution in [0, 0.1) is 0 Å². The van der Waals surface area contributed by atoms with Crippen molar-refractivity contribution in [2.75, 3.05) is 7.11 Å². The fraction of sp³-hybridized carbons (Fsp3) is 0.500. The smallest absolute Gasteiger partial charge is 0.118 e. The van der Waals surface area contributed by atoms with Gasteiger partial charge in [-0.25, -0.2) is 0 Å². The highest BCUT2D eigenvalue weighted by molar-refractivity contribution is 5.36. The van der Waals surface area contributed by atoms with Crippen LogP contribution in [0.15, 0.2) is 23.0 Å². The quantitative estimate of drug-likeness (QED) is 0.521. The maximum absolute atomic E-state index is 5.10. The second-order valence-corrected chi connectivity index (χ2v) is 2.38. The summed E-state index contributed by atoms with van der Waals surface area (Å²) in [6.07, 6.45) is 3.18. The van der Waals surface area contributed by atoms with Gasteiger partial charge in [-0.2, -0.15) is 0 Å². The molecule has 0 radical (unpaired) electrons. The van der Waals surface area contributed by atoms with Gasteiger partial charge >= 0.3 is 0 Å². The lowest BCUT2D eigenvalue weighted by Crippen LogP contribution is -1.84. The van der Waals surface area contributed by atoms with Gasteiger partial charge in [0.05, 0.1) is 7.11 Å². The summed E-state index contributed by atoms with van der Waals surface area (Å²) in [5.74, 6) is 1.05. The number of methoxy groups -OCH3 is 1. The lowest BCUT2D eigenvalue weighted by Gasteiger charge is -2.00. The molecular weight excluding hydrogens is 112 g/mol. The molecule has 0 aromatic rings. The van der Waals surface area contributed by atoms with Gasteiger partial charge in [0.15, 0.2) is 0 Å². The average molecular weight is 124 g/mol. The van der Waals surface area contributed by atoms with E-state index < -0.39 is 0 Å². The Morgan fingerprint density at radius 2 is 2.11 bits per heavy atom. The topological polar surface area (TPSA) is 9.23 Å². The van der Waals surface area contributed by atoms with Gasteiger partial charge in [0, 0.05) is 0 Å². The van der Waals surface area contributed by atoms with E-state index in [0.29, 0.717) is 0 Å². The molecule has 50 valence electrons. The van der Waals surface area contributed by atoms with Gasteiger partial charge in [0.1, 0.15) is 5.76 Å². The zero-order valence-electron chi connectivity index (χ0n) is 6.19. The van der Waals surface area contributed by atoms with Crippen LogP contribution in [0.4, 0.5) is 0 Å². The van der Waals surface area contributed by atoms with Crippen molar-refractivity contribution in [2.45, 2.75) is 20.3 Å². The molecule has 0 aromatic carbocycles. The number of hydrogen-bond donors (Lipinski definition) is 0. The van der Waals surface area contributed by atoms with Gasteiger partial charge in [-0.3, -0.25) is 0 Å². The van der Waals surface area contributed by atoms with Crippen LogP contribution >= 0.6 is 0 Å². The van der Waals surface area contributed by atoms with E-state index in [-0.39, 0.29) is 0 Å². The van der Waals surface area contributed by atoms with E-state index >= 15 is 0 Å². The van der Waals surface area contributed by atoms with E-state index in [1.54, 1.807) is 7.11 Å². The summed E-state index contributed by atoms with van der Waals surface area (Å²) in [6.45, 7) is 4.23. The van der Waals surface area contributed by atoms with E-state index in [4.69, 9.17) is 4.74 Å². The van der Waals surface area contributed by atoms with Gasteiger partial charge < -0.3 is 4.74 Å². The predicted octanol–water partition coefficient (Wildman–Crippen LogP) is 2.26. The molecule has 1 aliphatic carbocycles. The van der Waals surface area contributed by atoms with Crippen molar-refractivity contribution in [3.05, 3.63) is 23.0 Å². The Bertz CT molecular complexity index is 175. The zero-order chi connectivity index (χ0) is 6.85. The predicted molar refractivity (Wildman–Crippen MR) is 38.1 cm³/mol. The normalized spacial score (nSPS) is 18.3. The largest absolute Gasteiger partial charge is 0.497 e. The van der Waals surface area contributed by atoms with Crippen LogP contribution in [0.2, 0.25) is 0 Å². The third kappa shape index (κ3) is 0.995. The lowest BCUT2D eigenvalue weighted by atomic mass is 10.2. The number of allylic oxidation sites excluding steroid dienone is 3. The van der Waals surface area contributed by atoms with Crippen molar-refractivity contribution in [3.63, 3.8) is 0 Å². The van der Waals surface area contributed by atoms with Crippen LogP contribution in [-0.2, 0) is 4.74 Å². The molecule has 0 unspecified atom stereocenters. The molecule has 0 saturated carbocycles. The molecule has 9 heavy (non-hydrogen) atoms. The van der Waals surface area contributed by atoms with Crippen LogP contribution in [0.3, 0.4) is 0 Å². The molecular formula is C8H12O. The fourth-order valence-electron chi connectivity index (χ4n) is 0.999. The summed E-state index contributed by atoms with van der Waals surface area (Å²) in [7, 11) is 1.72. The van der Waals surface area contributed by atoms with Crippen molar-refractivity contribution in [3.8, 4) is 0 Å². The molecule has 1 rings (SSSR count). The van der Waals surface area contributed by atoms with Crippen LogP contribution in [0.25, 0.3) is 0 Å². The highest BCUT2D eigenvalue weighted by Crippen LogP contribution is 2.24. The van der Waals surface area contributed by atoms with Crippen LogP contribution in [0.5, 0.6) is 0 Å². The minimum Gasteiger partial charge on any atom is -0.497 e. The fourth-order valence-corrected chi connectivity index (χ4v) is 0.999. The molecule has 0 aliphatic heterocycles. The maximum atomic E-state index is 5.10. The minimum absolute atomic E-state index is 1.05. The standard InChI is InChI=1S/C8H12O/c1-6-4-5-8(9-3)7(6)2/h5H,4H2,1-3H3. The molecule has 0 saturated heterocycles. The molecule has 0 spiro atoms. The first-order chi connectivity index (χ1) is 4.25. The van der Waals surface area contributed by atoms with E-state index in [2.05, 4.69) is 19.9 Å². The lowest BCUT2D eigenvalue weighted by molar-refractivity contribution is 0.301. The Morgan fingerprint density at radius 3 is 2.33 bits per heavy atom. The zero-order valence-corrected chi connectivity index (χ0v) is 6.19. The van der Waals surface area contributed by atoms with Gasteiger partial charge in [-0.05, 0) is 31.9 Å². The van der Waals surface area contributed by atoms with Crippen molar-refractivity contribution < 1.29 is 4.74 Å². The van der Waals surface area contributed by atoms with Gasteiger partial charge in [-0.1, -0.05) is 5.57 Å². The molecule has 0 fully saturated rings. The average Bonchev–Trinajstić information content (AvgIpc) is 2.15. The third-order valence-corrected chi connectivity index (χ3v) is 1.82. The highest BCUT2D eigenvalue weighted by atomic mass is 16.5. The summed E-state index contributed by atoms with van der Waals surface area (Å²) in [4.78, 5) is 0. The van der Waals surface area contributed by atoms with Crippen LogP contribution in [0.1, 0.15) is 20.3 Å². The number of rotatable bonds is 1. The van der Waals surface area contributed by atoms with E-state index in [1.165, 1.54) is 11.1 Å². The summed E-state index contributed by atoms with van der Waals surface area (Å²) in [5, 5.41) is 0. The molecule has 0 bridgehead atoms. The number of ether oxygens (including phenoxy) is 1. The van der Waals surface area contributed by atoms with Gasteiger partial charge in [0.25, 0.3) is 0 Å². The Morgan fingerprint density at radius 1 is 1.44 bits per heavy atom. The minimum atomic E-state index is 1.05. The van der Waals surface area contributed by atoms with Crippen LogP contribution in [-0.4, -0.2) is 7.11 Å². The highest BCUT2D eigenvalue weighted by Gasteiger charge is 2.08. The van der Waals surface area contributed by atoms with E-state index in [0.717, 1.165) is 12.2 Å². The molecule has 1 heteroatoms. The Kier molecular flexibility index (Phi) is 1.60. The summed E-state index contributed by atoms with van der Waals surface area (Å²) >= 11 is 0. The van der Waals surface area contributed by atoms with Gasteiger partial charge in [0.2, 0.25) is 0 Å². The van der Waals surface area contributed by atoms with Crippen molar-refractivity contribution >= 4 is 0 Å². The van der Waals surface area contributed by atoms with Gasteiger partial charge in [-0.15, -0.1) is 0 Å². The van der Waals surface area contributed by atoms with Crippen molar-refractivity contribution in [1.29, 1.82) is 0 Å². The Balaban J connectivity index is 2.79. The second kappa shape index (κ2) is 2.26. The molecule has 0 N–H and O–H groups in total. The molecule has 0 amide bonds. The Hall–Kier alpha value is -0.720. The molecule has 1 nitrogen and oxygen atoms in total. The summed E-state index contributed by atoms with van der Waals surface area (Å²) in [6, 6.07) is 0. The Labute approximate surface area is 56.0 Å². The van der Waals surface area contributed by atoms with Crippen molar-refractivity contribution in [2.24, 2.45) is 0 Å². The summed E-state index contributed by atoms with van der Waals surface area (Å²) in [5.41, 5.74) is 2.73. The SMILES string of the molecule is COC1=CCC(C)=C1C. The van der Waals surface area contributed by atoms with Crippen LogP contribution < -0.4 is 0 Å². The first kappa shape index (κ1) is 6.40. The monoisotopic (exact) mass is 124 g/mol. The maximum Gasteiger partial charge on any atom is 0.118 e. The molecule has 0 heterocycles. The first-order valence-electron chi connectivity index (χ1n) is 3.16. The molecule has 1 aliphatic rings.